The van der Waals surface area contributed by atoms with Crippen molar-refractivity contribution in [2.75, 3.05) is 0 Å². The van der Waals surface area contributed by atoms with Crippen molar-refractivity contribution in [1.82, 2.24) is 15.2 Å². The fraction of sp³-hybridized carbons (Fsp3) is 0.0476. The second kappa shape index (κ2) is 6.85. The number of carbonyl (C=O) groups excluding carboxylic acids is 3. The number of aromatic nitrogens is 1. The fourth-order valence-corrected chi connectivity index (χ4v) is 3.16. The number of urea groups is 1. The molecule has 3 aromatic rings. The molecular weight excluding hydrogens is 356 g/mol. The smallest absolute Gasteiger partial charge is 0.328 e. The molecule has 2 heterocycles. The van der Waals surface area contributed by atoms with Crippen LogP contribution in [0.3, 0.4) is 0 Å². The van der Waals surface area contributed by atoms with E-state index in [9.17, 15) is 14.4 Å². The highest BCUT2D eigenvalue weighted by Gasteiger charge is 2.28. The molecule has 4 amide bonds. The monoisotopic (exact) mass is 370 g/mol. The summed E-state index contributed by atoms with van der Waals surface area (Å²) in [6.07, 6.45) is 3.33. The van der Waals surface area contributed by atoms with Crippen LogP contribution in [0.4, 0.5) is 4.79 Å². The number of fused-ring (bicyclic) bond motifs is 1. The Morgan fingerprint density at radius 2 is 1.64 bits per heavy atom. The molecule has 0 radical (unpaired) electrons. The number of amides is 4. The molecule has 0 bridgehead atoms. The van der Waals surface area contributed by atoms with Gasteiger partial charge in [0.2, 0.25) is 0 Å². The summed E-state index contributed by atoms with van der Waals surface area (Å²) >= 11 is 0. The minimum atomic E-state index is -0.824. The second-order valence-corrected chi connectivity index (χ2v) is 6.33. The van der Waals surface area contributed by atoms with Gasteiger partial charge in [-0.15, -0.1) is 0 Å². The highest BCUT2D eigenvalue weighted by molar-refractivity contribution is 6.31. The molecule has 1 aliphatic rings. The van der Waals surface area contributed by atoms with Gasteiger partial charge < -0.3 is 4.57 Å². The van der Waals surface area contributed by atoms with E-state index in [0.717, 1.165) is 16.5 Å². The Bertz CT molecular complexity index is 1170. The number of barbiturate groups is 1. The highest BCUT2D eigenvalue weighted by Crippen LogP contribution is 2.25. The van der Waals surface area contributed by atoms with Gasteiger partial charge in [0.15, 0.2) is 0 Å². The molecular formula is C21H14N4O3. The van der Waals surface area contributed by atoms with E-state index in [0.29, 0.717) is 17.7 Å². The van der Waals surface area contributed by atoms with Gasteiger partial charge in [0.05, 0.1) is 11.6 Å². The Kier molecular flexibility index (Phi) is 4.22. The predicted molar refractivity (Wildman–Crippen MR) is 102 cm³/mol. The van der Waals surface area contributed by atoms with Crippen molar-refractivity contribution in [2.45, 2.75) is 6.54 Å². The summed E-state index contributed by atoms with van der Waals surface area (Å²) in [7, 11) is 0. The van der Waals surface area contributed by atoms with E-state index in [1.165, 1.54) is 6.08 Å². The van der Waals surface area contributed by atoms with E-state index in [1.807, 2.05) is 47.2 Å². The van der Waals surface area contributed by atoms with Crippen molar-refractivity contribution in [3.05, 3.63) is 77.0 Å². The molecule has 7 nitrogen and oxygen atoms in total. The van der Waals surface area contributed by atoms with Gasteiger partial charge in [-0.05, 0) is 29.8 Å². The largest absolute Gasteiger partial charge is 0.342 e. The highest BCUT2D eigenvalue weighted by atomic mass is 16.2. The average Bonchev–Trinajstić information content (AvgIpc) is 3.03. The molecule has 28 heavy (non-hydrogen) atoms. The third kappa shape index (κ3) is 3.15. The molecule has 1 aliphatic heterocycles. The summed E-state index contributed by atoms with van der Waals surface area (Å²) in [6.45, 7) is 0.562. The summed E-state index contributed by atoms with van der Waals surface area (Å²) in [4.78, 5) is 35.3. The average molecular weight is 370 g/mol. The molecule has 7 heteroatoms. The lowest BCUT2D eigenvalue weighted by Gasteiger charge is -2.13. The Labute approximate surface area is 159 Å². The minimum Gasteiger partial charge on any atom is -0.342 e. The maximum absolute atomic E-state index is 12.0. The standard InChI is InChI=1S/C21H14N4O3/c22-10-13-5-7-14(8-6-13)11-25-12-15(16-3-1-2-4-18(16)25)9-17-19(26)23-21(28)24-20(17)27/h1-9,12H,11H2,(H2,23,24,26,27,28). The normalized spacial score (nSPS) is 13.8. The third-order valence-corrected chi connectivity index (χ3v) is 4.50. The molecule has 4 rings (SSSR count). The van der Waals surface area contributed by atoms with Crippen LogP contribution in [0.15, 0.2) is 60.3 Å². The Balaban J connectivity index is 1.75. The fourth-order valence-electron chi connectivity index (χ4n) is 3.16. The first-order valence-corrected chi connectivity index (χ1v) is 8.50. The molecule has 2 aromatic carbocycles. The van der Waals surface area contributed by atoms with Gasteiger partial charge in [0.25, 0.3) is 11.8 Å². The van der Waals surface area contributed by atoms with Crippen molar-refractivity contribution in [3.63, 3.8) is 0 Å². The predicted octanol–water partition coefficient (Wildman–Crippen LogP) is 2.31. The number of carbonyl (C=O) groups is 3. The van der Waals surface area contributed by atoms with Crippen LogP contribution >= 0.6 is 0 Å². The van der Waals surface area contributed by atoms with Gasteiger partial charge in [0.1, 0.15) is 5.57 Å². The molecule has 0 aliphatic carbocycles. The Hall–Kier alpha value is -4.18. The molecule has 0 unspecified atom stereocenters. The summed E-state index contributed by atoms with van der Waals surface area (Å²) in [5.41, 5.74) is 3.11. The quantitative estimate of drug-likeness (QED) is 0.545. The van der Waals surface area contributed by atoms with Crippen LogP contribution in [0.1, 0.15) is 16.7 Å². The van der Waals surface area contributed by atoms with E-state index < -0.39 is 17.8 Å². The lowest BCUT2D eigenvalue weighted by Crippen LogP contribution is -2.51. The third-order valence-electron chi connectivity index (χ3n) is 4.50. The van der Waals surface area contributed by atoms with Gasteiger partial charge in [-0.2, -0.15) is 5.26 Å². The van der Waals surface area contributed by atoms with Crippen LogP contribution in [-0.2, 0) is 16.1 Å². The number of nitrogens with one attached hydrogen (secondary N) is 2. The summed E-state index contributed by atoms with van der Waals surface area (Å²) in [5.74, 6) is -1.45. The van der Waals surface area contributed by atoms with Gasteiger partial charge in [-0.1, -0.05) is 30.3 Å². The molecule has 0 saturated carbocycles. The maximum Gasteiger partial charge on any atom is 0.328 e. The lowest BCUT2D eigenvalue weighted by molar-refractivity contribution is -0.123. The second-order valence-electron chi connectivity index (χ2n) is 6.33. The van der Waals surface area contributed by atoms with Crippen LogP contribution in [0.2, 0.25) is 0 Å². The molecule has 1 aromatic heterocycles. The van der Waals surface area contributed by atoms with Crippen LogP contribution in [-0.4, -0.2) is 22.4 Å². The topological polar surface area (TPSA) is 104 Å². The molecule has 0 spiro atoms. The number of hydrogen-bond donors (Lipinski definition) is 2. The van der Waals surface area contributed by atoms with Gasteiger partial charge in [0, 0.05) is 29.2 Å². The van der Waals surface area contributed by atoms with Crippen LogP contribution in [0.5, 0.6) is 0 Å². The number of nitrogens with zero attached hydrogens (tertiary/aromatic N) is 2. The minimum absolute atomic E-state index is 0.124. The maximum atomic E-state index is 12.0. The van der Waals surface area contributed by atoms with Crippen molar-refractivity contribution >= 4 is 34.8 Å². The van der Waals surface area contributed by atoms with E-state index in [2.05, 4.69) is 16.7 Å². The molecule has 0 atom stereocenters. The van der Waals surface area contributed by atoms with Crippen molar-refractivity contribution in [3.8, 4) is 6.07 Å². The van der Waals surface area contributed by atoms with Crippen molar-refractivity contribution in [1.29, 1.82) is 5.26 Å². The Morgan fingerprint density at radius 3 is 2.32 bits per heavy atom. The lowest BCUT2D eigenvalue weighted by atomic mass is 10.1. The van der Waals surface area contributed by atoms with Crippen LogP contribution in [0.25, 0.3) is 17.0 Å². The van der Waals surface area contributed by atoms with E-state index >= 15 is 0 Å². The number of benzene rings is 2. The first-order valence-electron chi connectivity index (χ1n) is 8.50. The van der Waals surface area contributed by atoms with E-state index in [4.69, 9.17) is 5.26 Å². The SMILES string of the molecule is N#Cc1ccc(Cn2cc(C=C3C(=O)NC(=O)NC3=O)c3ccccc32)cc1. The molecule has 1 fully saturated rings. The van der Waals surface area contributed by atoms with Crippen molar-refractivity contribution < 1.29 is 14.4 Å². The van der Waals surface area contributed by atoms with Gasteiger partial charge in [-0.3, -0.25) is 20.2 Å². The van der Waals surface area contributed by atoms with Crippen LogP contribution in [0, 0.1) is 11.3 Å². The number of nitriles is 1. The number of rotatable bonds is 3. The summed E-state index contributed by atoms with van der Waals surface area (Å²) in [6, 6.07) is 16.2. The number of imide groups is 2. The summed E-state index contributed by atoms with van der Waals surface area (Å²) in [5, 5.41) is 14.0. The van der Waals surface area contributed by atoms with E-state index in [1.54, 1.807) is 12.1 Å². The molecule has 1 saturated heterocycles. The molecule has 2 N–H and O–H groups in total. The number of hydrogen-bond acceptors (Lipinski definition) is 4. The first kappa shape index (κ1) is 17.2. The zero-order valence-corrected chi connectivity index (χ0v) is 14.6. The Morgan fingerprint density at radius 1 is 0.964 bits per heavy atom. The zero-order chi connectivity index (χ0) is 19.7. The molecule has 136 valence electrons. The zero-order valence-electron chi connectivity index (χ0n) is 14.6. The van der Waals surface area contributed by atoms with Gasteiger partial charge in [-0.25, -0.2) is 4.79 Å². The van der Waals surface area contributed by atoms with Gasteiger partial charge >= 0.3 is 6.03 Å². The number of para-hydroxylation sites is 1. The summed E-state index contributed by atoms with van der Waals surface area (Å²) < 4.78 is 2.01. The van der Waals surface area contributed by atoms with Crippen molar-refractivity contribution in [2.24, 2.45) is 0 Å². The van der Waals surface area contributed by atoms with E-state index in [-0.39, 0.29) is 5.57 Å². The first-order chi connectivity index (χ1) is 13.5. The van der Waals surface area contributed by atoms with Crippen LogP contribution < -0.4 is 10.6 Å².